The summed E-state index contributed by atoms with van der Waals surface area (Å²) in [6.45, 7) is 1.77. The maximum atomic E-state index is 12.3. The SMILES string of the molecule is O=C(Nc1cccc(-c2n[nH]c(C3CC3)n2)c1)C1CCCNC1. The normalized spacial score (nSPS) is 21.1. The van der Waals surface area contributed by atoms with Gasteiger partial charge in [-0.25, -0.2) is 4.98 Å². The predicted molar refractivity (Wildman–Crippen MR) is 88.0 cm³/mol. The minimum atomic E-state index is 0.0531. The Morgan fingerprint density at radius 2 is 2.17 bits per heavy atom. The average Bonchev–Trinajstić information content (AvgIpc) is 3.33. The van der Waals surface area contributed by atoms with Gasteiger partial charge in [-0.1, -0.05) is 12.1 Å². The van der Waals surface area contributed by atoms with Gasteiger partial charge in [0.05, 0.1) is 5.92 Å². The zero-order valence-corrected chi connectivity index (χ0v) is 13.0. The first-order valence-corrected chi connectivity index (χ1v) is 8.34. The Balaban J connectivity index is 1.47. The molecule has 0 bridgehead atoms. The quantitative estimate of drug-likeness (QED) is 0.809. The molecule has 1 saturated heterocycles. The lowest BCUT2D eigenvalue weighted by atomic mass is 9.99. The molecule has 6 nitrogen and oxygen atoms in total. The molecule has 2 aliphatic rings. The molecule has 1 aliphatic carbocycles. The Kier molecular flexibility index (Phi) is 3.83. The first kappa shape index (κ1) is 14.4. The Bertz CT molecular complexity index is 701. The van der Waals surface area contributed by atoms with Crippen molar-refractivity contribution in [1.29, 1.82) is 0 Å². The van der Waals surface area contributed by atoms with E-state index < -0.39 is 0 Å². The Morgan fingerprint density at radius 3 is 2.96 bits per heavy atom. The average molecular weight is 311 g/mol. The van der Waals surface area contributed by atoms with Gasteiger partial charge in [0.2, 0.25) is 5.91 Å². The lowest BCUT2D eigenvalue weighted by Gasteiger charge is -2.21. The van der Waals surface area contributed by atoms with Gasteiger partial charge in [0.25, 0.3) is 0 Å². The molecule has 2 heterocycles. The van der Waals surface area contributed by atoms with Crippen LogP contribution in [0.3, 0.4) is 0 Å². The molecule has 1 saturated carbocycles. The summed E-state index contributed by atoms with van der Waals surface area (Å²) in [5.74, 6) is 2.36. The molecule has 2 aromatic rings. The fourth-order valence-electron chi connectivity index (χ4n) is 3.00. The fourth-order valence-corrected chi connectivity index (χ4v) is 3.00. The number of aromatic nitrogens is 3. The van der Waals surface area contributed by atoms with E-state index in [1.54, 1.807) is 0 Å². The third kappa shape index (κ3) is 3.27. The van der Waals surface area contributed by atoms with Crippen molar-refractivity contribution in [2.45, 2.75) is 31.6 Å². The van der Waals surface area contributed by atoms with E-state index in [0.29, 0.717) is 11.7 Å². The van der Waals surface area contributed by atoms with Crippen LogP contribution in [0.4, 0.5) is 5.69 Å². The number of aromatic amines is 1. The highest BCUT2D eigenvalue weighted by molar-refractivity contribution is 5.93. The van der Waals surface area contributed by atoms with E-state index in [-0.39, 0.29) is 11.8 Å². The van der Waals surface area contributed by atoms with E-state index in [0.717, 1.165) is 43.0 Å². The summed E-state index contributed by atoms with van der Waals surface area (Å²) in [5.41, 5.74) is 1.73. The molecular formula is C17H21N5O. The Labute approximate surface area is 135 Å². The number of benzene rings is 1. The van der Waals surface area contributed by atoms with Crippen molar-refractivity contribution in [3.63, 3.8) is 0 Å². The summed E-state index contributed by atoms with van der Waals surface area (Å²) in [5, 5.41) is 13.6. The van der Waals surface area contributed by atoms with E-state index in [4.69, 9.17) is 0 Å². The van der Waals surface area contributed by atoms with Crippen molar-refractivity contribution in [2.24, 2.45) is 5.92 Å². The van der Waals surface area contributed by atoms with E-state index in [1.165, 1.54) is 12.8 Å². The molecule has 4 rings (SSSR count). The van der Waals surface area contributed by atoms with Crippen LogP contribution in [0.1, 0.15) is 37.4 Å². The molecular weight excluding hydrogens is 290 g/mol. The van der Waals surface area contributed by atoms with Crippen molar-refractivity contribution < 1.29 is 4.79 Å². The number of nitrogens with zero attached hydrogens (tertiary/aromatic N) is 2. The van der Waals surface area contributed by atoms with Crippen LogP contribution in [-0.2, 0) is 4.79 Å². The third-order valence-corrected chi connectivity index (χ3v) is 4.52. The third-order valence-electron chi connectivity index (χ3n) is 4.52. The van der Waals surface area contributed by atoms with Gasteiger partial charge >= 0.3 is 0 Å². The monoisotopic (exact) mass is 311 g/mol. The topological polar surface area (TPSA) is 82.7 Å². The lowest BCUT2D eigenvalue weighted by Crippen LogP contribution is -2.37. The van der Waals surface area contributed by atoms with E-state index >= 15 is 0 Å². The predicted octanol–water partition coefficient (Wildman–Crippen LogP) is 2.29. The zero-order chi connectivity index (χ0) is 15.6. The lowest BCUT2D eigenvalue weighted by molar-refractivity contribution is -0.120. The molecule has 1 atom stereocenters. The van der Waals surface area contributed by atoms with Crippen LogP contribution >= 0.6 is 0 Å². The van der Waals surface area contributed by atoms with Crippen LogP contribution in [0.5, 0.6) is 0 Å². The summed E-state index contributed by atoms with van der Waals surface area (Å²) < 4.78 is 0. The molecule has 0 radical (unpaired) electrons. The van der Waals surface area contributed by atoms with Crippen molar-refractivity contribution in [2.75, 3.05) is 18.4 Å². The molecule has 2 fully saturated rings. The van der Waals surface area contributed by atoms with Gasteiger partial charge in [0, 0.05) is 23.7 Å². The number of hydrogen-bond donors (Lipinski definition) is 3. The van der Waals surface area contributed by atoms with Gasteiger partial charge < -0.3 is 10.6 Å². The fraction of sp³-hybridized carbons (Fsp3) is 0.471. The molecule has 0 spiro atoms. The van der Waals surface area contributed by atoms with Crippen LogP contribution in [0, 0.1) is 5.92 Å². The number of carbonyl (C=O) groups is 1. The van der Waals surface area contributed by atoms with Gasteiger partial charge in [-0.2, -0.15) is 5.10 Å². The number of H-pyrrole nitrogens is 1. The van der Waals surface area contributed by atoms with Crippen molar-refractivity contribution >= 4 is 11.6 Å². The van der Waals surface area contributed by atoms with Crippen LogP contribution in [0.25, 0.3) is 11.4 Å². The van der Waals surface area contributed by atoms with Crippen molar-refractivity contribution in [3.8, 4) is 11.4 Å². The van der Waals surface area contributed by atoms with Crippen LogP contribution < -0.4 is 10.6 Å². The first-order chi connectivity index (χ1) is 11.3. The number of carbonyl (C=O) groups excluding carboxylic acids is 1. The van der Waals surface area contributed by atoms with E-state index in [1.807, 2.05) is 24.3 Å². The molecule has 23 heavy (non-hydrogen) atoms. The standard InChI is InChI=1S/C17H21N5O/c23-17(13-4-2-8-18-10-13)19-14-5-1-3-12(9-14)16-20-15(21-22-16)11-6-7-11/h1,3,5,9,11,13,18H,2,4,6-8,10H2,(H,19,23)(H,20,21,22). The van der Waals surface area contributed by atoms with Gasteiger partial charge in [0.1, 0.15) is 5.82 Å². The Hall–Kier alpha value is -2.21. The molecule has 120 valence electrons. The Morgan fingerprint density at radius 1 is 1.26 bits per heavy atom. The molecule has 3 N–H and O–H groups in total. The number of rotatable bonds is 4. The second-order valence-corrected chi connectivity index (χ2v) is 6.43. The summed E-state index contributed by atoms with van der Waals surface area (Å²) in [6, 6.07) is 7.75. The zero-order valence-electron chi connectivity index (χ0n) is 13.0. The summed E-state index contributed by atoms with van der Waals surface area (Å²) in [6.07, 6.45) is 4.39. The molecule has 1 amide bonds. The van der Waals surface area contributed by atoms with Gasteiger partial charge in [-0.3, -0.25) is 9.89 Å². The van der Waals surface area contributed by atoms with Crippen LogP contribution in [0.15, 0.2) is 24.3 Å². The highest BCUT2D eigenvalue weighted by Crippen LogP contribution is 2.38. The number of amides is 1. The minimum Gasteiger partial charge on any atom is -0.326 e. The highest BCUT2D eigenvalue weighted by atomic mass is 16.1. The minimum absolute atomic E-state index is 0.0531. The highest BCUT2D eigenvalue weighted by Gasteiger charge is 2.27. The summed E-state index contributed by atoms with van der Waals surface area (Å²) in [4.78, 5) is 16.9. The molecule has 1 unspecified atom stereocenters. The van der Waals surface area contributed by atoms with Crippen molar-refractivity contribution in [3.05, 3.63) is 30.1 Å². The first-order valence-electron chi connectivity index (χ1n) is 8.34. The smallest absolute Gasteiger partial charge is 0.228 e. The number of hydrogen-bond acceptors (Lipinski definition) is 4. The van der Waals surface area contributed by atoms with Crippen LogP contribution in [0.2, 0.25) is 0 Å². The summed E-state index contributed by atoms with van der Waals surface area (Å²) >= 11 is 0. The van der Waals surface area contributed by atoms with Gasteiger partial charge in [-0.15, -0.1) is 0 Å². The van der Waals surface area contributed by atoms with Crippen molar-refractivity contribution in [1.82, 2.24) is 20.5 Å². The molecule has 1 aromatic carbocycles. The number of nitrogens with one attached hydrogen (secondary N) is 3. The van der Waals surface area contributed by atoms with E-state index in [9.17, 15) is 4.79 Å². The maximum Gasteiger partial charge on any atom is 0.228 e. The van der Waals surface area contributed by atoms with Gasteiger partial charge in [0.15, 0.2) is 5.82 Å². The molecule has 1 aromatic heterocycles. The second kappa shape index (κ2) is 6.12. The van der Waals surface area contributed by atoms with E-state index in [2.05, 4.69) is 25.8 Å². The number of anilines is 1. The van der Waals surface area contributed by atoms with Crippen LogP contribution in [-0.4, -0.2) is 34.2 Å². The molecule has 1 aliphatic heterocycles. The largest absolute Gasteiger partial charge is 0.326 e. The summed E-state index contributed by atoms with van der Waals surface area (Å²) in [7, 11) is 0. The second-order valence-electron chi connectivity index (χ2n) is 6.43. The maximum absolute atomic E-state index is 12.3. The van der Waals surface area contributed by atoms with Gasteiger partial charge in [-0.05, 0) is 44.4 Å². The number of piperidine rings is 1. The molecule has 6 heteroatoms.